The molecule has 2 unspecified atom stereocenters. The average molecular weight is 270 g/mol. The predicted molar refractivity (Wildman–Crippen MR) is 66.2 cm³/mol. The first-order chi connectivity index (χ1) is 8.99. The topological polar surface area (TPSA) is 29.3 Å². The minimum atomic E-state index is -4.25. The lowest BCUT2D eigenvalue weighted by Crippen LogP contribution is -2.25. The molecule has 2 fully saturated rings. The minimum Gasteiger partial charge on any atom is -0.330 e. The van der Waals surface area contributed by atoms with Crippen molar-refractivity contribution in [3.8, 4) is 0 Å². The summed E-state index contributed by atoms with van der Waals surface area (Å²) in [6.45, 7) is 3.58. The molecule has 0 radical (unpaired) electrons. The van der Waals surface area contributed by atoms with Gasteiger partial charge in [-0.2, -0.15) is 13.2 Å². The monoisotopic (exact) mass is 270 g/mol. The summed E-state index contributed by atoms with van der Waals surface area (Å²) in [6, 6.07) is 5.48. The molecular formula is C14H17F3N2. The number of hydrogen-bond acceptors (Lipinski definition) is 2. The zero-order valence-electron chi connectivity index (χ0n) is 10.5. The SMILES string of the molecule is NCC1C2CN(Cc3ccc(C(F)(F)F)cc3)CC12. The van der Waals surface area contributed by atoms with Crippen LogP contribution in [0.25, 0.3) is 0 Å². The van der Waals surface area contributed by atoms with Crippen molar-refractivity contribution in [2.75, 3.05) is 19.6 Å². The molecule has 1 heterocycles. The van der Waals surface area contributed by atoms with Crippen LogP contribution in [-0.2, 0) is 12.7 Å². The second-order valence-corrected chi connectivity index (χ2v) is 5.62. The van der Waals surface area contributed by atoms with Gasteiger partial charge in [-0.1, -0.05) is 12.1 Å². The first-order valence-corrected chi connectivity index (χ1v) is 6.57. The molecule has 3 rings (SSSR count). The third-order valence-electron chi connectivity index (χ3n) is 4.41. The predicted octanol–water partition coefficient (Wildman–Crippen LogP) is 2.34. The van der Waals surface area contributed by atoms with Crippen molar-refractivity contribution in [3.05, 3.63) is 35.4 Å². The number of nitrogens with zero attached hydrogens (tertiary/aromatic N) is 1. The fourth-order valence-corrected chi connectivity index (χ4v) is 3.27. The van der Waals surface area contributed by atoms with Crippen molar-refractivity contribution in [3.63, 3.8) is 0 Å². The Bertz CT molecular complexity index is 443. The molecule has 5 heteroatoms. The zero-order valence-corrected chi connectivity index (χ0v) is 10.5. The van der Waals surface area contributed by atoms with Crippen molar-refractivity contribution in [1.29, 1.82) is 0 Å². The van der Waals surface area contributed by atoms with E-state index in [1.165, 1.54) is 0 Å². The smallest absolute Gasteiger partial charge is 0.330 e. The Labute approximate surface area is 110 Å². The van der Waals surface area contributed by atoms with Crippen LogP contribution >= 0.6 is 0 Å². The number of rotatable bonds is 3. The second-order valence-electron chi connectivity index (χ2n) is 5.62. The van der Waals surface area contributed by atoms with E-state index in [1.54, 1.807) is 12.1 Å². The number of fused-ring (bicyclic) bond motifs is 1. The second kappa shape index (κ2) is 4.49. The quantitative estimate of drug-likeness (QED) is 0.913. The van der Waals surface area contributed by atoms with Crippen LogP contribution in [0.15, 0.2) is 24.3 Å². The summed E-state index contributed by atoms with van der Waals surface area (Å²) in [4.78, 5) is 2.31. The van der Waals surface area contributed by atoms with Crippen molar-refractivity contribution >= 4 is 0 Å². The molecule has 2 atom stereocenters. The van der Waals surface area contributed by atoms with Crippen molar-refractivity contribution in [2.24, 2.45) is 23.5 Å². The van der Waals surface area contributed by atoms with Crippen LogP contribution in [0.3, 0.4) is 0 Å². The molecule has 1 aliphatic heterocycles. The van der Waals surface area contributed by atoms with E-state index in [4.69, 9.17) is 5.73 Å². The van der Waals surface area contributed by atoms with Gasteiger partial charge < -0.3 is 5.73 Å². The van der Waals surface area contributed by atoms with Gasteiger partial charge in [0.05, 0.1) is 5.56 Å². The average Bonchev–Trinajstić information content (AvgIpc) is 2.83. The van der Waals surface area contributed by atoms with Gasteiger partial charge in [-0.05, 0) is 42.0 Å². The van der Waals surface area contributed by atoms with Crippen LogP contribution in [0, 0.1) is 17.8 Å². The molecule has 1 saturated heterocycles. The van der Waals surface area contributed by atoms with E-state index in [9.17, 15) is 13.2 Å². The molecule has 0 aromatic heterocycles. The molecule has 104 valence electrons. The zero-order chi connectivity index (χ0) is 13.6. The van der Waals surface area contributed by atoms with Crippen molar-refractivity contribution in [2.45, 2.75) is 12.7 Å². The van der Waals surface area contributed by atoms with E-state index >= 15 is 0 Å². The van der Waals surface area contributed by atoms with Gasteiger partial charge in [0, 0.05) is 19.6 Å². The summed E-state index contributed by atoms with van der Waals surface area (Å²) < 4.78 is 37.3. The van der Waals surface area contributed by atoms with Crippen LogP contribution in [0.5, 0.6) is 0 Å². The summed E-state index contributed by atoms with van der Waals surface area (Å²) in [5.74, 6) is 2.13. The summed E-state index contributed by atoms with van der Waals surface area (Å²) in [5.41, 5.74) is 6.02. The highest BCUT2D eigenvalue weighted by Crippen LogP contribution is 2.51. The fourth-order valence-electron chi connectivity index (χ4n) is 3.27. The standard InChI is InChI=1S/C14H17F3N2/c15-14(16,17)10-3-1-9(2-4-10)6-19-7-12-11(5-18)13(12)8-19/h1-4,11-13H,5-8,18H2. The molecule has 1 saturated carbocycles. The third-order valence-corrected chi connectivity index (χ3v) is 4.41. The molecule has 1 aromatic rings. The number of halogens is 3. The Morgan fingerprint density at radius 2 is 1.68 bits per heavy atom. The largest absolute Gasteiger partial charge is 0.416 e. The fraction of sp³-hybridized carbons (Fsp3) is 0.571. The Hall–Kier alpha value is -1.07. The number of hydrogen-bond donors (Lipinski definition) is 1. The van der Waals surface area contributed by atoms with Crippen LogP contribution in [0.4, 0.5) is 13.2 Å². The Morgan fingerprint density at radius 3 is 2.16 bits per heavy atom. The summed E-state index contributed by atoms with van der Waals surface area (Å²) in [7, 11) is 0. The van der Waals surface area contributed by atoms with Crippen LogP contribution < -0.4 is 5.73 Å². The maximum atomic E-state index is 12.4. The Balaban J connectivity index is 1.57. The van der Waals surface area contributed by atoms with Crippen LogP contribution in [0.1, 0.15) is 11.1 Å². The molecule has 2 nitrogen and oxygen atoms in total. The van der Waals surface area contributed by atoms with Gasteiger partial charge in [-0.3, -0.25) is 4.90 Å². The van der Waals surface area contributed by atoms with E-state index < -0.39 is 11.7 Å². The van der Waals surface area contributed by atoms with Crippen LogP contribution in [-0.4, -0.2) is 24.5 Å². The van der Waals surface area contributed by atoms with Gasteiger partial charge in [0.1, 0.15) is 0 Å². The van der Waals surface area contributed by atoms with Gasteiger partial charge in [0.25, 0.3) is 0 Å². The van der Waals surface area contributed by atoms with Gasteiger partial charge >= 0.3 is 6.18 Å². The van der Waals surface area contributed by atoms with Gasteiger partial charge in [-0.15, -0.1) is 0 Å². The van der Waals surface area contributed by atoms with E-state index in [-0.39, 0.29) is 0 Å². The summed E-state index contributed by atoms with van der Waals surface area (Å²) >= 11 is 0. The van der Waals surface area contributed by atoms with E-state index in [0.29, 0.717) is 5.92 Å². The van der Waals surface area contributed by atoms with Crippen molar-refractivity contribution in [1.82, 2.24) is 4.90 Å². The van der Waals surface area contributed by atoms with E-state index in [1.807, 2.05) is 0 Å². The first-order valence-electron chi connectivity index (χ1n) is 6.57. The lowest BCUT2D eigenvalue weighted by atomic mass is 10.1. The number of alkyl halides is 3. The highest BCUT2D eigenvalue weighted by molar-refractivity contribution is 5.25. The van der Waals surface area contributed by atoms with Gasteiger partial charge in [-0.25, -0.2) is 0 Å². The summed E-state index contributed by atoms with van der Waals surface area (Å²) in [5, 5.41) is 0. The molecule has 1 aromatic carbocycles. The number of likely N-dealkylation sites (tertiary alicyclic amines) is 1. The normalized spacial score (nSPS) is 30.4. The highest BCUT2D eigenvalue weighted by atomic mass is 19.4. The van der Waals surface area contributed by atoms with Gasteiger partial charge in [0.15, 0.2) is 0 Å². The molecule has 0 spiro atoms. The van der Waals surface area contributed by atoms with Crippen LogP contribution in [0.2, 0.25) is 0 Å². The molecule has 0 amide bonds. The first kappa shape index (κ1) is 12.9. The third kappa shape index (κ3) is 2.49. The molecule has 2 aliphatic rings. The number of nitrogens with two attached hydrogens (primary N) is 1. The molecule has 2 N–H and O–H groups in total. The Kier molecular flexibility index (Phi) is 3.06. The molecule has 19 heavy (non-hydrogen) atoms. The maximum Gasteiger partial charge on any atom is 0.416 e. The van der Waals surface area contributed by atoms with E-state index in [0.717, 1.165) is 55.7 Å². The lowest BCUT2D eigenvalue weighted by Gasteiger charge is -2.19. The van der Waals surface area contributed by atoms with Crippen molar-refractivity contribution < 1.29 is 13.2 Å². The number of piperidine rings is 1. The van der Waals surface area contributed by atoms with E-state index in [2.05, 4.69) is 4.90 Å². The molecule has 0 bridgehead atoms. The highest BCUT2D eigenvalue weighted by Gasteiger charge is 2.54. The Morgan fingerprint density at radius 1 is 1.11 bits per heavy atom. The molecular weight excluding hydrogens is 253 g/mol. The molecule has 1 aliphatic carbocycles. The lowest BCUT2D eigenvalue weighted by molar-refractivity contribution is -0.137. The number of benzene rings is 1. The maximum absolute atomic E-state index is 12.4. The minimum absolute atomic E-state index is 0.580. The summed E-state index contributed by atoms with van der Waals surface area (Å²) in [6.07, 6.45) is -4.25. The van der Waals surface area contributed by atoms with Gasteiger partial charge in [0.2, 0.25) is 0 Å².